The number of fused-ring (bicyclic) bond motifs is 9. The lowest BCUT2D eigenvalue weighted by atomic mass is 10.00. The minimum atomic E-state index is 0.431. The van der Waals surface area contributed by atoms with E-state index in [4.69, 9.17) is 19.4 Å². The van der Waals surface area contributed by atoms with Crippen molar-refractivity contribution < 1.29 is 4.42 Å². The lowest BCUT2D eigenvalue weighted by Gasteiger charge is -2.14. The summed E-state index contributed by atoms with van der Waals surface area (Å²) in [6.07, 6.45) is 0. The van der Waals surface area contributed by atoms with Gasteiger partial charge in [-0.25, -0.2) is 15.0 Å². The average Bonchev–Trinajstić information content (AvgIpc) is 3.96. The van der Waals surface area contributed by atoms with Crippen molar-refractivity contribution in [2.75, 3.05) is 0 Å². The van der Waals surface area contributed by atoms with Gasteiger partial charge in [0.15, 0.2) is 23.1 Å². The first-order valence-corrected chi connectivity index (χ1v) is 19.5. The summed E-state index contributed by atoms with van der Waals surface area (Å²) >= 11 is 0. The molecule has 12 rings (SSSR count). The van der Waals surface area contributed by atoms with E-state index in [0.29, 0.717) is 45.5 Å². The molecule has 0 unspecified atom stereocenters. The maximum atomic E-state index is 11.2. The van der Waals surface area contributed by atoms with Crippen molar-refractivity contribution in [1.29, 1.82) is 5.26 Å². The van der Waals surface area contributed by atoms with Crippen LogP contribution in [0, 0.1) is 11.3 Å². The Morgan fingerprint density at radius 1 is 0.441 bits per heavy atom. The first-order chi connectivity index (χ1) is 29.2. The molecule has 0 radical (unpaired) electrons. The number of rotatable bonds is 5. The predicted octanol–water partition coefficient (Wildman–Crippen LogP) is 12.8. The highest BCUT2D eigenvalue weighted by Gasteiger charge is 2.27. The third kappa shape index (κ3) is 4.97. The first kappa shape index (κ1) is 32.9. The molecule has 59 heavy (non-hydrogen) atoms. The summed E-state index contributed by atoms with van der Waals surface area (Å²) in [4.78, 5) is 15.2. The van der Waals surface area contributed by atoms with Gasteiger partial charge >= 0.3 is 0 Å². The molecule has 0 saturated heterocycles. The van der Waals surface area contributed by atoms with Gasteiger partial charge in [-0.1, -0.05) is 133 Å². The molecular formula is C52H30N6O. The summed E-state index contributed by atoms with van der Waals surface area (Å²) < 4.78 is 11.5. The van der Waals surface area contributed by atoms with Gasteiger partial charge in [0.05, 0.1) is 27.6 Å². The fourth-order valence-corrected chi connectivity index (χ4v) is 8.83. The molecule has 4 heterocycles. The van der Waals surface area contributed by atoms with Crippen LogP contribution in [0.15, 0.2) is 186 Å². The number of hydrogen-bond acceptors (Lipinski definition) is 5. The van der Waals surface area contributed by atoms with E-state index in [1.165, 1.54) is 5.39 Å². The second kappa shape index (κ2) is 12.8. The zero-order chi connectivity index (χ0) is 39.0. The van der Waals surface area contributed by atoms with E-state index in [2.05, 4.69) is 100 Å². The molecule has 0 saturated carbocycles. The summed E-state index contributed by atoms with van der Waals surface area (Å²) in [6, 6.07) is 64.4. The minimum Gasteiger partial charge on any atom is -0.454 e. The van der Waals surface area contributed by atoms with Crippen LogP contribution in [0.2, 0.25) is 0 Å². The molecule has 0 aliphatic rings. The molecule has 0 N–H and O–H groups in total. The molecule has 7 nitrogen and oxygen atoms in total. The van der Waals surface area contributed by atoms with Crippen LogP contribution >= 0.6 is 0 Å². The zero-order valence-electron chi connectivity index (χ0n) is 31.4. The van der Waals surface area contributed by atoms with Gasteiger partial charge in [0.1, 0.15) is 17.3 Å². The van der Waals surface area contributed by atoms with E-state index >= 15 is 0 Å². The summed E-state index contributed by atoms with van der Waals surface area (Å²) in [5.41, 5.74) is 9.99. The molecule has 4 aromatic heterocycles. The van der Waals surface area contributed by atoms with Crippen molar-refractivity contribution in [2.45, 2.75) is 0 Å². The lowest BCUT2D eigenvalue weighted by Crippen LogP contribution is -2.03. The van der Waals surface area contributed by atoms with E-state index in [9.17, 15) is 5.26 Å². The summed E-state index contributed by atoms with van der Waals surface area (Å²) in [7, 11) is 0. The van der Waals surface area contributed by atoms with Crippen LogP contribution < -0.4 is 0 Å². The Balaban J connectivity index is 1.21. The second-order valence-electron chi connectivity index (χ2n) is 14.7. The molecule has 0 amide bonds. The molecule has 0 bridgehead atoms. The Hall–Kier alpha value is -8.34. The van der Waals surface area contributed by atoms with Gasteiger partial charge in [-0.15, -0.1) is 0 Å². The van der Waals surface area contributed by atoms with Crippen LogP contribution in [0.3, 0.4) is 0 Å². The number of furan rings is 1. The predicted molar refractivity (Wildman–Crippen MR) is 237 cm³/mol. The fraction of sp³-hybridized carbons (Fsp3) is 0. The fourth-order valence-electron chi connectivity index (χ4n) is 8.83. The van der Waals surface area contributed by atoms with Crippen LogP contribution in [0.4, 0.5) is 0 Å². The maximum absolute atomic E-state index is 11.2. The van der Waals surface area contributed by atoms with Crippen LogP contribution in [0.25, 0.3) is 111 Å². The molecule has 0 aliphatic carbocycles. The first-order valence-electron chi connectivity index (χ1n) is 19.5. The van der Waals surface area contributed by atoms with Crippen molar-refractivity contribution in [1.82, 2.24) is 24.1 Å². The number of hydrogen-bond donors (Lipinski definition) is 0. The Labute approximate surface area is 337 Å². The molecule has 0 atom stereocenters. The normalized spacial score (nSPS) is 11.7. The smallest absolute Gasteiger partial charge is 0.164 e. The van der Waals surface area contributed by atoms with Crippen molar-refractivity contribution >= 4 is 65.6 Å². The number of aromatic nitrogens is 5. The van der Waals surface area contributed by atoms with E-state index < -0.39 is 0 Å². The second-order valence-corrected chi connectivity index (χ2v) is 14.7. The van der Waals surface area contributed by atoms with Gasteiger partial charge in [-0.05, 0) is 48.5 Å². The quantitative estimate of drug-likeness (QED) is 0.175. The molecule has 0 spiro atoms. The van der Waals surface area contributed by atoms with Crippen molar-refractivity contribution in [2.24, 2.45) is 0 Å². The van der Waals surface area contributed by atoms with Crippen LogP contribution in [-0.2, 0) is 0 Å². The Morgan fingerprint density at radius 3 is 1.58 bits per heavy atom. The molecule has 7 heteroatoms. The van der Waals surface area contributed by atoms with Crippen LogP contribution in [0.1, 0.15) is 5.56 Å². The minimum absolute atomic E-state index is 0.431. The number of nitriles is 1. The average molecular weight is 755 g/mol. The third-order valence-corrected chi connectivity index (χ3v) is 11.4. The van der Waals surface area contributed by atoms with E-state index in [-0.39, 0.29) is 0 Å². The van der Waals surface area contributed by atoms with Gasteiger partial charge in [0.2, 0.25) is 0 Å². The SMILES string of the molecule is N#Cc1cc(-c2nc(-c3ccccc3)nc(-c3ccccc3)n2)c2c(oc3ccccc32)c1-n1c2ccccc2c2cc3c4ccccc4n(-c4ccccc4)c3cc21. The van der Waals surface area contributed by atoms with Gasteiger partial charge in [-0.2, -0.15) is 5.26 Å². The van der Waals surface area contributed by atoms with Crippen LogP contribution in [-0.4, -0.2) is 24.1 Å². The molecule has 0 aliphatic heterocycles. The van der Waals surface area contributed by atoms with Gasteiger partial charge in [0, 0.05) is 54.7 Å². The monoisotopic (exact) mass is 754 g/mol. The molecule has 8 aromatic carbocycles. The molecule has 274 valence electrons. The standard InChI is InChI=1S/C52H30N6O/c53-31-34-28-41(52-55-50(32-16-4-1-5-17-32)54-51(56-52)33-18-6-2-7-19-33)47-38-24-12-15-27-46(38)59-49(47)48(34)58-43-26-14-11-23-37(43)40-29-39-36-22-10-13-25-42(36)57(44(39)30-45(40)58)35-20-8-3-9-21-35/h1-30H. The lowest BCUT2D eigenvalue weighted by molar-refractivity contribution is 0.666. The molecule has 12 aromatic rings. The Bertz CT molecular complexity index is 3610. The number of para-hydroxylation sites is 4. The highest BCUT2D eigenvalue weighted by Crippen LogP contribution is 2.45. The molecule has 0 fully saturated rings. The Kier molecular flexibility index (Phi) is 7.16. The van der Waals surface area contributed by atoms with Crippen molar-refractivity contribution in [3.8, 4) is 51.6 Å². The maximum Gasteiger partial charge on any atom is 0.164 e. The van der Waals surface area contributed by atoms with Gasteiger partial charge < -0.3 is 13.6 Å². The van der Waals surface area contributed by atoms with Crippen LogP contribution in [0.5, 0.6) is 0 Å². The molecular weight excluding hydrogens is 725 g/mol. The van der Waals surface area contributed by atoms with E-state index in [1.807, 2.05) is 97.1 Å². The summed E-state index contributed by atoms with van der Waals surface area (Å²) in [5, 5.41) is 17.4. The third-order valence-electron chi connectivity index (χ3n) is 11.4. The summed E-state index contributed by atoms with van der Waals surface area (Å²) in [6.45, 7) is 0. The van der Waals surface area contributed by atoms with Crippen molar-refractivity contribution in [3.05, 3.63) is 188 Å². The van der Waals surface area contributed by atoms with Gasteiger partial charge in [0.25, 0.3) is 0 Å². The number of benzene rings is 8. The highest BCUT2D eigenvalue weighted by atomic mass is 16.3. The van der Waals surface area contributed by atoms with E-state index in [1.54, 1.807) is 0 Å². The van der Waals surface area contributed by atoms with Gasteiger partial charge in [-0.3, -0.25) is 0 Å². The topological polar surface area (TPSA) is 85.5 Å². The number of nitrogens with zero attached hydrogens (tertiary/aromatic N) is 6. The summed E-state index contributed by atoms with van der Waals surface area (Å²) in [5.74, 6) is 1.53. The van der Waals surface area contributed by atoms with E-state index in [0.717, 1.165) is 65.8 Å². The highest BCUT2D eigenvalue weighted by molar-refractivity contribution is 6.21. The Morgan fingerprint density at radius 2 is 0.949 bits per heavy atom. The van der Waals surface area contributed by atoms with Crippen molar-refractivity contribution in [3.63, 3.8) is 0 Å². The zero-order valence-corrected chi connectivity index (χ0v) is 31.4. The largest absolute Gasteiger partial charge is 0.454 e.